The number of aromatic amines is 1. The van der Waals surface area contributed by atoms with E-state index in [1.807, 2.05) is 49.4 Å². The van der Waals surface area contributed by atoms with Gasteiger partial charge in [-0.05, 0) is 65.3 Å². The van der Waals surface area contributed by atoms with Crippen molar-refractivity contribution in [3.05, 3.63) is 92.7 Å². The van der Waals surface area contributed by atoms with Crippen LogP contribution in [0.25, 0.3) is 11.4 Å². The maximum absolute atomic E-state index is 6.09. The van der Waals surface area contributed by atoms with E-state index in [0.717, 1.165) is 21.2 Å². The molecule has 4 rings (SSSR count). The van der Waals surface area contributed by atoms with E-state index >= 15 is 0 Å². The molecule has 0 bridgehead atoms. The summed E-state index contributed by atoms with van der Waals surface area (Å²) in [5, 5.41) is 11.7. The van der Waals surface area contributed by atoms with Gasteiger partial charge in [0.1, 0.15) is 6.61 Å². The highest BCUT2D eigenvalue weighted by molar-refractivity contribution is 9.10. The molecular formula is C25H23BrN4O2S. The molecule has 33 heavy (non-hydrogen) atoms. The minimum Gasteiger partial charge on any atom is -0.490 e. The number of aromatic nitrogens is 3. The molecule has 0 aliphatic rings. The second-order valence-corrected chi connectivity index (χ2v) is 8.55. The molecule has 6 nitrogen and oxygen atoms in total. The van der Waals surface area contributed by atoms with E-state index in [0.29, 0.717) is 35.3 Å². The minimum atomic E-state index is 0.409. The van der Waals surface area contributed by atoms with Crippen molar-refractivity contribution in [1.29, 1.82) is 0 Å². The normalized spacial score (nSPS) is 11.1. The summed E-state index contributed by atoms with van der Waals surface area (Å²) in [7, 11) is 0. The first-order valence-electron chi connectivity index (χ1n) is 10.5. The number of nitrogens with zero attached hydrogens (tertiary/aromatic N) is 3. The van der Waals surface area contributed by atoms with E-state index in [4.69, 9.17) is 21.7 Å². The Morgan fingerprint density at radius 3 is 2.58 bits per heavy atom. The fraction of sp³-hybridized carbons (Fsp3) is 0.160. The summed E-state index contributed by atoms with van der Waals surface area (Å²) in [6, 6.07) is 21.9. The van der Waals surface area contributed by atoms with Crippen LogP contribution in [0.5, 0.6) is 11.5 Å². The van der Waals surface area contributed by atoms with Crippen LogP contribution < -0.4 is 9.47 Å². The fourth-order valence-corrected chi connectivity index (χ4v) is 3.96. The lowest BCUT2D eigenvalue weighted by molar-refractivity contribution is 0.267. The zero-order valence-corrected chi connectivity index (χ0v) is 20.7. The van der Waals surface area contributed by atoms with Crippen LogP contribution in [-0.2, 0) is 6.61 Å². The first kappa shape index (κ1) is 22.9. The lowest BCUT2D eigenvalue weighted by Crippen LogP contribution is -2.02. The molecule has 0 aliphatic carbocycles. The van der Waals surface area contributed by atoms with Crippen LogP contribution in [0.3, 0.4) is 0 Å². The molecule has 3 aromatic carbocycles. The maximum Gasteiger partial charge on any atom is 0.216 e. The zero-order chi connectivity index (χ0) is 23.2. The number of nitrogens with one attached hydrogen (secondary N) is 1. The summed E-state index contributed by atoms with van der Waals surface area (Å²) >= 11 is 8.99. The molecule has 0 amide bonds. The van der Waals surface area contributed by atoms with E-state index in [2.05, 4.69) is 62.4 Å². The molecule has 0 unspecified atom stereocenters. The van der Waals surface area contributed by atoms with Crippen molar-refractivity contribution in [2.45, 2.75) is 20.5 Å². The highest BCUT2D eigenvalue weighted by atomic mass is 79.9. The van der Waals surface area contributed by atoms with Crippen molar-refractivity contribution in [2.75, 3.05) is 6.61 Å². The maximum atomic E-state index is 6.09. The van der Waals surface area contributed by atoms with Crippen LogP contribution in [0.4, 0.5) is 0 Å². The Bertz CT molecular complexity index is 1310. The van der Waals surface area contributed by atoms with Crippen LogP contribution in [-0.4, -0.2) is 27.7 Å². The number of ether oxygens (including phenoxy) is 2. The van der Waals surface area contributed by atoms with Crippen molar-refractivity contribution in [3.63, 3.8) is 0 Å². The van der Waals surface area contributed by atoms with E-state index in [1.54, 1.807) is 10.9 Å². The smallest absolute Gasteiger partial charge is 0.216 e. The number of hydrogen-bond acceptors (Lipinski definition) is 5. The summed E-state index contributed by atoms with van der Waals surface area (Å²) in [5.41, 5.74) is 4.04. The van der Waals surface area contributed by atoms with Crippen molar-refractivity contribution >= 4 is 34.4 Å². The summed E-state index contributed by atoms with van der Waals surface area (Å²) in [4.78, 5) is 0. The Kier molecular flexibility index (Phi) is 7.36. The van der Waals surface area contributed by atoms with Gasteiger partial charge in [0.25, 0.3) is 0 Å². The molecule has 0 atom stereocenters. The van der Waals surface area contributed by atoms with Gasteiger partial charge in [-0.2, -0.15) is 14.9 Å². The SMILES string of the molecule is CCOc1cc(/C=N\n2c(-c3ccccc3)n[nH]c2=S)cc(Br)c1OCc1ccc(C)cc1. The van der Waals surface area contributed by atoms with Gasteiger partial charge < -0.3 is 9.47 Å². The van der Waals surface area contributed by atoms with Crippen molar-refractivity contribution in [1.82, 2.24) is 14.9 Å². The second-order valence-electron chi connectivity index (χ2n) is 7.31. The highest BCUT2D eigenvalue weighted by Crippen LogP contribution is 2.37. The molecule has 4 aromatic rings. The Morgan fingerprint density at radius 1 is 1.09 bits per heavy atom. The van der Waals surface area contributed by atoms with Gasteiger partial charge >= 0.3 is 0 Å². The quantitative estimate of drug-likeness (QED) is 0.211. The van der Waals surface area contributed by atoms with Crippen LogP contribution >= 0.6 is 28.1 Å². The van der Waals surface area contributed by atoms with Gasteiger partial charge in [0.05, 0.1) is 17.3 Å². The zero-order valence-electron chi connectivity index (χ0n) is 18.3. The second kappa shape index (κ2) is 10.6. The third-order valence-electron chi connectivity index (χ3n) is 4.84. The van der Waals surface area contributed by atoms with Crippen LogP contribution in [0.15, 0.2) is 76.3 Å². The standard InChI is InChI=1S/C25H23BrN4O2S/c1-3-31-22-14-19(13-21(26)23(22)32-16-18-11-9-17(2)10-12-18)15-27-30-24(28-29-25(30)33)20-7-5-4-6-8-20/h4-15H,3,16H2,1-2H3,(H,29,33)/b27-15-. The lowest BCUT2D eigenvalue weighted by atomic mass is 10.1. The molecule has 168 valence electrons. The Balaban J connectivity index is 1.61. The Morgan fingerprint density at radius 2 is 1.85 bits per heavy atom. The fourth-order valence-electron chi connectivity index (χ4n) is 3.20. The van der Waals surface area contributed by atoms with Gasteiger partial charge in [-0.25, -0.2) is 5.10 Å². The summed E-state index contributed by atoms with van der Waals surface area (Å²) in [6.45, 7) is 4.96. The van der Waals surface area contributed by atoms with E-state index < -0.39 is 0 Å². The van der Waals surface area contributed by atoms with Crippen molar-refractivity contribution in [2.24, 2.45) is 5.10 Å². The third-order valence-corrected chi connectivity index (χ3v) is 5.69. The number of rotatable bonds is 8. The van der Waals surface area contributed by atoms with Crippen LogP contribution in [0.1, 0.15) is 23.6 Å². The molecular weight excluding hydrogens is 500 g/mol. The van der Waals surface area contributed by atoms with E-state index in [-0.39, 0.29) is 0 Å². The Labute approximate surface area is 206 Å². The van der Waals surface area contributed by atoms with Gasteiger partial charge in [-0.3, -0.25) is 0 Å². The van der Waals surface area contributed by atoms with Crippen molar-refractivity contribution in [3.8, 4) is 22.9 Å². The van der Waals surface area contributed by atoms with Crippen LogP contribution in [0.2, 0.25) is 0 Å². The molecule has 1 heterocycles. The highest BCUT2D eigenvalue weighted by Gasteiger charge is 2.13. The average molecular weight is 523 g/mol. The topological polar surface area (TPSA) is 64.4 Å². The van der Waals surface area contributed by atoms with Gasteiger partial charge in [0.2, 0.25) is 4.77 Å². The average Bonchev–Trinajstić information content (AvgIpc) is 3.19. The predicted molar refractivity (Wildman–Crippen MR) is 137 cm³/mol. The third kappa shape index (κ3) is 5.58. The molecule has 1 aromatic heterocycles. The van der Waals surface area contributed by atoms with Gasteiger partial charge in [0, 0.05) is 5.56 Å². The molecule has 0 saturated heterocycles. The van der Waals surface area contributed by atoms with Gasteiger partial charge in [-0.15, -0.1) is 0 Å². The first-order chi connectivity index (χ1) is 16.0. The molecule has 1 N–H and O–H groups in total. The number of aryl methyl sites for hydroxylation is 1. The van der Waals surface area contributed by atoms with Crippen LogP contribution in [0, 0.1) is 11.7 Å². The molecule has 0 spiro atoms. The number of H-pyrrole nitrogens is 1. The monoisotopic (exact) mass is 522 g/mol. The predicted octanol–water partition coefficient (Wildman–Crippen LogP) is 6.54. The van der Waals surface area contributed by atoms with E-state index in [1.165, 1.54) is 5.56 Å². The van der Waals surface area contributed by atoms with E-state index in [9.17, 15) is 0 Å². The summed E-state index contributed by atoms with van der Waals surface area (Å²) in [5.74, 6) is 1.93. The molecule has 0 fully saturated rings. The molecule has 0 aliphatic heterocycles. The van der Waals surface area contributed by atoms with Gasteiger partial charge in [-0.1, -0.05) is 60.2 Å². The number of hydrogen-bond donors (Lipinski definition) is 1. The summed E-state index contributed by atoms with van der Waals surface area (Å²) in [6.07, 6.45) is 1.72. The molecule has 0 radical (unpaired) electrons. The Hall–Kier alpha value is -3.23. The number of halogens is 1. The summed E-state index contributed by atoms with van der Waals surface area (Å²) < 4.78 is 14.7. The lowest BCUT2D eigenvalue weighted by Gasteiger charge is -2.15. The van der Waals surface area contributed by atoms with Crippen molar-refractivity contribution < 1.29 is 9.47 Å². The first-order valence-corrected chi connectivity index (χ1v) is 11.7. The molecule has 8 heteroatoms. The molecule has 0 saturated carbocycles. The largest absolute Gasteiger partial charge is 0.490 e. The minimum absolute atomic E-state index is 0.409. The van der Waals surface area contributed by atoms with Gasteiger partial charge in [0.15, 0.2) is 17.3 Å². The number of benzene rings is 3.